The van der Waals surface area contributed by atoms with Crippen molar-refractivity contribution in [1.29, 1.82) is 0 Å². The molecular formula is C13H20ClN. The van der Waals surface area contributed by atoms with E-state index in [1.165, 1.54) is 17.6 Å². The van der Waals surface area contributed by atoms with Crippen molar-refractivity contribution < 1.29 is 16.9 Å². The quantitative estimate of drug-likeness (QED) is 0.583. The second-order valence-corrected chi connectivity index (χ2v) is 4.27. The highest BCUT2D eigenvalue weighted by atomic mass is 35.5. The van der Waals surface area contributed by atoms with Crippen LogP contribution in [0.15, 0.2) is 48.2 Å². The van der Waals surface area contributed by atoms with Crippen molar-refractivity contribution in [3.05, 3.63) is 48.2 Å². The molecule has 0 unspecified atom stereocenters. The third-order valence-corrected chi connectivity index (χ3v) is 2.74. The van der Waals surface area contributed by atoms with E-state index >= 15 is 0 Å². The predicted octanol–water partition coefficient (Wildman–Crippen LogP) is 0.0429. The minimum Gasteiger partial charge on any atom is -1.00 e. The van der Waals surface area contributed by atoms with Gasteiger partial charge in [-0.1, -0.05) is 24.3 Å². The molecular weight excluding hydrogens is 206 g/mol. The number of hydrogen-bond donors (Lipinski definition) is 0. The largest absolute Gasteiger partial charge is 1.00 e. The molecule has 0 atom stereocenters. The summed E-state index contributed by atoms with van der Waals surface area (Å²) in [4.78, 5) is 0. The Morgan fingerprint density at radius 1 is 1.27 bits per heavy atom. The van der Waals surface area contributed by atoms with E-state index in [4.69, 9.17) is 0 Å². The molecule has 2 aliphatic rings. The van der Waals surface area contributed by atoms with Gasteiger partial charge in [-0.15, -0.1) is 0 Å². The first-order chi connectivity index (χ1) is 6.57. The summed E-state index contributed by atoms with van der Waals surface area (Å²) in [6, 6.07) is 0. The van der Waals surface area contributed by atoms with Crippen molar-refractivity contribution in [2.45, 2.75) is 13.3 Å². The lowest BCUT2D eigenvalue weighted by Crippen LogP contribution is -3.00. The van der Waals surface area contributed by atoms with Crippen LogP contribution in [0.5, 0.6) is 0 Å². The van der Waals surface area contributed by atoms with Gasteiger partial charge in [-0.2, -0.15) is 0 Å². The van der Waals surface area contributed by atoms with Crippen LogP contribution >= 0.6 is 0 Å². The van der Waals surface area contributed by atoms with Gasteiger partial charge in [0.15, 0.2) is 0 Å². The number of fused-ring (bicyclic) bond motifs is 2. The van der Waals surface area contributed by atoms with Crippen LogP contribution in [0.3, 0.4) is 0 Å². The average molecular weight is 226 g/mol. The second-order valence-electron chi connectivity index (χ2n) is 4.27. The molecule has 0 aliphatic heterocycles. The van der Waals surface area contributed by atoms with Crippen molar-refractivity contribution in [2.24, 2.45) is 0 Å². The smallest absolute Gasteiger partial charge is 0.0881 e. The van der Waals surface area contributed by atoms with Gasteiger partial charge < -0.3 is 16.9 Å². The summed E-state index contributed by atoms with van der Waals surface area (Å²) in [5.74, 6) is 0. The summed E-state index contributed by atoms with van der Waals surface area (Å²) < 4.78 is 0.903. The molecule has 84 valence electrons. The normalized spacial score (nSPS) is 15.9. The lowest BCUT2D eigenvalue weighted by molar-refractivity contribution is -0.836. The number of allylic oxidation sites excluding steroid dienone is 6. The van der Waals surface area contributed by atoms with E-state index in [1.54, 1.807) is 0 Å². The number of halogens is 1. The van der Waals surface area contributed by atoms with Gasteiger partial charge in [-0.05, 0) is 31.1 Å². The fourth-order valence-corrected chi connectivity index (χ4v) is 1.14. The van der Waals surface area contributed by atoms with E-state index in [-0.39, 0.29) is 12.4 Å². The molecule has 2 rings (SSSR count). The van der Waals surface area contributed by atoms with Gasteiger partial charge in [0, 0.05) is 0 Å². The molecule has 2 aliphatic carbocycles. The zero-order chi connectivity index (χ0) is 10.6. The van der Waals surface area contributed by atoms with Crippen molar-refractivity contribution in [2.75, 3.05) is 20.6 Å². The zero-order valence-electron chi connectivity index (χ0n) is 9.83. The highest BCUT2D eigenvalue weighted by molar-refractivity contribution is 5.49. The maximum absolute atomic E-state index is 3.68. The summed E-state index contributed by atoms with van der Waals surface area (Å²) in [6.07, 6.45) is 11.8. The van der Waals surface area contributed by atoms with Crippen molar-refractivity contribution in [3.8, 4) is 0 Å². The lowest BCUT2D eigenvalue weighted by Gasteiger charge is -2.21. The Labute approximate surface area is 99.5 Å². The van der Waals surface area contributed by atoms with Gasteiger partial charge >= 0.3 is 0 Å². The van der Waals surface area contributed by atoms with Gasteiger partial charge in [0.05, 0.1) is 26.8 Å². The topological polar surface area (TPSA) is 0 Å². The number of quaternary nitrogens is 1. The van der Waals surface area contributed by atoms with Gasteiger partial charge in [0.2, 0.25) is 0 Å². The van der Waals surface area contributed by atoms with E-state index in [0.717, 1.165) is 11.0 Å². The standard InChI is InChI=1S/C7H6.C6H14N.ClH/c1-2-7-4-3-6(1)5-7;1-5-7(3,4)6-2;/h1-4H,5H2;5H,1,6H2,2-4H3;1H/q;+1;/p-1. The third-order valence-electron chi connectivity index (χ3n) is 2.74. The molecule has 0 aromatic carbocycles. The molecule has 0 aromatic rings. The lowest BCUT2D eigenvalue weighted by atomic mass is 10.3. The highest BCUT2D eigenvalue weighted by Crippen LogP contribution is 2.27. The van der Waals surface area contributed by atoms with E-state index < -0.39 is 0 Å². The summed E-state index contributed by atoms with van der Waals surface area (Å²) in [5, 5.41) is 0. The van der Waals surface area contributed by atoms with Gasteiger partial charge in [-0.25, -0.2) is 0 Å². The molecule has 0 fully saturated rings. The first-order valence-corrected chi connectivity index (χ1v) is 5.11. The van der Waals surface area contributed by atoms with Gasteiger partial charge in [-0.3, -0.25) is 0 Å². The Hall–Kier alpha value is -0.790. The molecule has 2 bridgehead atoms. The van der Waals surface area contributed by atoms with Crippen LogP contribution in [-0.2, 0) is 0 Å². The van der Waals surface area contributed by atoms with Crippen LogP contribution in [0.2, 0.25) is 0 Å². The van der Waals surface area contributed by atoms with E-state index in [1.807, 2.05) is 6.20 Å². The Bertz CT molecular complexity index is 288. The molecule has 2 heteroatoms. The van der Waals surface area contributed by atoms with Gasteiger partial charge in [0.1, 0.15) is 0 Å². The fourth-order valence-electron chi connectivity index (χ4n) is 1.14. The maximum atomic E-state index is 3.68. The molecule has 0 aromatic heterocycles. The van der Waals surface area contributed by atoms with Crippen LogP contribution < -0.4 is 12.4 Å². The van der Waals surface area contributed by atoms with E-state index in [2.05, 4.69) is 51.9 Å². The Kier molecular flexibility index (Phi) is 5.63. The Morgan fingerprint density at radius 3 is 1.80 bits per heavy atom. The van der Waals surface area contributed by atoms with E-state index in [0.29, 0.717) is 0 Å². The van der Waals surface area contributed by atoms with Gasteiger partial charge in [0.25, 0.3) is 0 Å². The van der Waals surface area contributed by atoms with Crippen LogP contribution in [0, 0.1) is 0 Å². The summed E-state index contributed by atoms with van der Waals surface area (Å²) in [6.45, 7) is 6.93. The molecule has 0 radical (unpaired) electrons. The zero-order valence-corrected chi connectivity index (χ0v) is 10.6. The Balaban J connectivity index is 0.000000245. The highest BCUT2D eigenvalue weighted by Gasteiger charge is 2.07. The van der Waals surface area contributed by atoms with Crippen molar-refractivity contribution >= 4 is 0 Å². The monoisotopic (exact) mass is 225 g/mol. The summed E-state index contributed by atoms with van der Waals surface area (Å²) in [5.41, 5.74) is 2.94. The minimum atomic E-state index is 0. The number of rotatable bonds is 2. The minimum absolute atomic E-state index is 0. The molecule has 0 amide bonds. The molecule has 0 spiro atoms. The first kappa shape index (κ1) is 14.2. The van der Waals surface area contributed by atoms with E-state index in [9.17, 15) is 0 Å². The van der Waals surface area contributed by atoms with Crippen LogP contribution in [0.4, 0.5) is 0 Å². The Morgan fingerprint density at radius 2 is 1.73 bits per heavy atom. The fraction of sp³-hybridized carbons (Fsp3) is 0.385. The molecule has 1 nitrogen and oxygen atoms in total. The number of hydrogen-bond acceptors (Lipinski definition) is 0. The van der Waals surface area contributed by atoms with Crippen LogP contribution in [-0.4, -0.2) is 25.1 Å². The first-order valence-electron chi connectivity index (χ1n) is 5.11. The number of nitrogens with zero attached hydrogens (tertiary/aromatic N) is 1. The SMILES string of the molecule is C1=CC2=CC=C1C2.C=C[N+](C)(C)CC.[Cl-]. The van der Waals surface area contributed by atoms with Crippen LogP contribution in [0.1, 0.15) is 13.3 Å². The summed E-state index contributed by atoms with van der Waals surface area (Å²) >= 11 is 0. The average Bonchev–Trinajstić information content (AvgIpc) is 2.82. The third kappa shape index (κ3) is 4.50. The predicted molar refractivity (Wildman–Crippen MR) is 62.8 cm³/mol. The molecule has 0 saturated carbocycles. The summed E-state index contributed by atoms with van der Waals surface area (Å²) in [7, 11) is 4.24. The molecule has 15 heavy (non-hydrogen) atoms. The molecule has 0 saturated heterocycles. The molecule has 0 N–H and O–H groups in total. The van der Waals surface area contributed by atoms with Crippen LogP contribution in [0.25, 0.3) is 0 Å². The molecule has 0 heterocycles. The van der Waals surface area contributed by atoms with Crippen molar-refractivity contribution in [3.63, 3.8) is 0 Å². The maximum Gasteiger partial charge on any atom is 0.0881 e. The van der Waals surface area contributed by atoms with Crippen molar-refractivity contribution in [1.82, 2.24) is 0 Å². The second kappa shape index (κ2) is 5.94.